The summed E-state index contributed by atoms with van der Waals surface area (Å²) in [6.07, 6.45) is 5.25. The summed E-state index contributed by atoms with van der Waals surface area (Å²) in [5.41, 5.74) is 2.31. The molecule has 0 aliphatic rings. The number of nitrogens with zero attached hydrogens (tertiary/aromatic N) is 1. The number of terminal acetylenes is 1. The number of halogens is 1. The number of aromatic nitrogens is 2. The summed E-state index contributed by atoms with van der Waals surface area (Å²) in [6, 6.07) is 12.5. The van der Waals surface area contributed by atoms with E-state index in [1.54, 1.807) is 18.2 Å². The summed E-state index contributed by atoms with van der Waals surface area (Å²) in [5, 5.41) is 0. The number of rotatable bonds is 1. The topological polar surface area (TPSA) is 28.7 Å². The molecule has 3 rings (SSSR count). The highest BCUT2D eigenvalue weighted by Crippen LogP contribution is 2.24. The van der Waals surface area contributed by atoms with E-state index in [4.69, 9.17) is 6.42 Å². The number of aromatic amines is 1. The molecule has 0 aliphatic heterocycles. The Hall–Kier alpha value is -2.60. The minimum atomic E-state index is -0.418. The Balaban J connectivity index is 2.24. The van der Waals surface area contributed by atoms with Crippen LogP contribution in [0.25, 0.3) is 22.4 Å². The van der Waals surface area contributed by atoms with Crippen LogP contribution in [0.5, 0.6) is 0 Å². The Morgan fingerprint density at radius 3 is 2.72 bits per heavy atom. The number of fused-ring (bicyclic) bond motifs is 1. The minimum Gasteiger partial charge on any atom is -0.338 e. The molecule has 0 saturated heterocycles. The van der Waals surface area contributed by atoms with Gasteiger partial charge in [-0.05, 0) is 24.3 Å². The molecular weight excluding hydrogens is 227 g/mol. The SMILES string of the molecule is C#Cc1cccc(-c2nc3ccccc3[nH]2)c1F. The van der Waals surface area contributed by atoms with E-state index in [1.807, 2.05) is 24.3 Å². The molecule has 0 unspecified atom stereocenters. The van der Waals surface area contributed by atoms with Gasteiger partial charge >= 0.3 is 0 Å². The van der Waals surface area contributed by atoms with Crippen LogP contribution >= 0.6 is 0 Å². The van der Waals surface area contributed by atoms with Crippen molar-refractivity contribution in [1.29, 1.82) is 0 Å². The maximum Gasteiger partial charge on any atom is 0.149 e. The number of benzene rings is 2. The second-order valence-electron chi connectivity index (χ2n) is 3.91. The molecule has 0 radical (unpaired) electrons. The second kappa shape index (κ2) is 4.01. The highest BCUT2D eigenvalue weighted by Gasteiger charge is 2.11. The Morgan fingerprint density at radius 2 is 1.94 bits per heavy atom. The smallest absolute Gasteiger partial charge is 0.149 e. The molecule has 0 bridgehead atoms. The molecule has 0 fully saturated rings. The Bertz CT molecular complexity index is 733. The Labute approximate surface area is 103 Å². The van der Waals surface area contributed by atoms with Gasteiger partial charge in [-0.25, -0.2) is 9.37 Å². The van der Waals surface area contributed by atoms with Crippen molar-refractivity contribution in [2.45, 2.75) is 0 Å². The molecule has 0 atom stereocenters. The largest absolute Gasteiger partial charge is 0.338 e. The Morgan fingerprint density at radius 1 is 1.11 bits per heavy atom. The third-order valence-electron chi connectivity index (χ3n) is 2.80. The highest BCUT2D eigenvalue weighted by molar-refractivity contribution is 5.79. The minimum absolute atomic E-state index is 0.243. The predicted octanol–water partition coefficient (Wildman–Crippen LogP) is 3.35. The van der Waals surface area contributed by atoms with Gasteiger partial charge in [0.2, 0.25) is 0 Å². The van der Waals surface area contributed by atoms with Crippen LogP contribution < -0.4 is 0 Å². The van der Waals surface area contributed by atoms with Crippen molar-refractivity contribution in [3.63, 3.8) is 0 Å². The fourth-order valence-electron chi connectivity index (χ4n) is 1.91. The van der Waals surface area contributed by atoms with Crippen LogP contribution in [0.1, 0.15) is 5.56 Å². The van der Waals surface area contributed by atoms with Crippen LogP contribution in [0, 0.1) is 18.2 Å². The summed E-state index contributed by atoms with van der Waals surface area (Å²) < 4.78 is 14.1. The summed E-state index contributed by atoms with van der Waals surface area (Å²) in [4.78, 5) is 7.44. The number of hydrogen-bond acceptors (Lipinski definition) is 1. The van der Waals surface area contributed by atoms with E-state index < -0.39 is 5.82 Å². The van der Waals surface area contributed by atoms with Gasteiger partial charge in [0.15, 0.2) is 0 Å². The lowest BCUT2D eigenvalue weighted by molar-refractivity contribution is 0.627. The van der Waals surface area contributed by atoms with Crippen LogP contribution in [0.3, 0.4) is 0 Å². The number of hydrogen-bond donors (Lipinski definition) is 1. The fraction of sp³-hybridized carbons (Fsp3) is 0. The molecule has 0 aliphatic carbocycles. The van der Waals surface area contributed by atoms with Crippen LogP contribution in [0.15, 0.2) is 42.5 Å². The zero-order chi connectivity index (χ0) is 12.5. The maximum atomic E-state index is 14.1. The summed E-state index contributed by atoms with van der Waals surface area (Å²) in [5.74, 6) is 2.40. The molecule has 0 spiro atoms. The van der Waals surface area contributed by atoms with E-state index in [0.29, 0.717) is 11.4 Å². The van der Waals surface area contributed by atoms with Gasteiger partial charge in [0.25, 0.3) is 0 Å². The molecular formula is C15H9FN2. The molecule has 86 valence electrons. The number of nitrogens with one attached hydrogen (secondary N) is 1. The molecule has 1 N–H and O–H groups in total. The predicted molar refractivity (Wildman–Crippen MR) is 69.4 cm³/mol. The summed E-state index contributed by atoms with van der Waals surface area (Å²) >= 11 is 0. The monoisotopic (exact) mass is 236 g/mol. The number of imidazole rings is 1. The molecule has 2 aromatic carbocycles. The summed E-state index contributed by atoms with van der Waals surface area (Å²) in [6.45, 7) is 0. The van der Waals surface area contributed by atoms with Crippen molar-refractivity contribution >= 4 is 11.0 Å². The van der Waals surface area contributed by atoms with E-state index in [9.17, 15) is 4.39 Å². The molecule has 0 amide bonds. The normalized spacial score (nSPS) is 10.4. The van der Waals surface area contributed by atoms with Gasteiger partial charge in [0, 0.05) is 0 Å². The van der Waals surface area contributed by atoms with Crippen LogP contribution in [0.4, 0.5) is 4.39 Å². The van der Waals surface area contributed by atoms with Crippen molar-refractivity contribution in [2.75, 3.05) is 0 Å². The first-order chi connectivity index (χ1) is 8.79. The zero-order valence-corrected chi connectivity index (χ0v) is 9.44. The molecule has 1 aromatic heterocycles. The lowest BCUT2D eigenvalue weighted by Crippen LogP contribution is -1.90. The van der Waals surface area contributed by atoms with Gasteiger partial charge in [-0.1, -0.05) is 24.1 Å². The van der Waals surface area contributed by atoms with Crippen LogP contribution in [0.2, 0.25) is 0 Å². The average Bonchev–Trinajstić information content (AvgIpc) is 2.82. The molecule has 3 heteroatoms. The second-order valence-corrected chi connectivity index (χ2v) is 3.91. The quantitative estimate of drug-likeness (QED) is 0.645. The summed E-state index contributed by atoms with van der Waals surface area (Å²) in [7, 11) is 0. The maximum absolute atomic E-state index is 14.1. The first kappa shape index (κ1) is 10.5. The lowest BCUT2D eigenvalue weighted by Gasteiger charge is -2.00. The van der Waals surface area contributed by atoms with Gasteiger partial charge < -0.3 is 4.98 Å². The molecule has 3 aromatic rings. The first-order valence-electron chi connectivity index (χ1n) is 5.50. The van der Waals surface area contributed by atoms with Crippen molar-refractivity contribution in [1.82, 2.24) is 9.97 Å². The zero-order valence-electron chi connectivity index (χ0n) is 9.44. The van der Waals surface area contributed by atoms with Crippen molar-refractivity contribution in [3.05, 3.63) is 53.8 Å². The van der Waals surface area contributed by atoms with Crippen LogP contribution in [-0.2, 0) is 0 Å². The molecule has 2 nitrogen and oxygen atoms in total. The highest BCUT2D eigenvalue weighted by atomic mass is 19.1. The Kier molecular flexibility index (Phi) is 2.35. The van der Waals surface area contributed by atoms with Gasteiger partial charge in [-0.15, -0.1) is 6.42 Å². The number of para-hydroxylation sites is 2. The standard InChI is InChI=1S/C15H9FN2/c1-2-10-6-5-7-11(14(10)16)15-17-12-8-3-4-9-13(12)18-15/h1,3-9H,(H,17,18). The van der Waals surface area contributed by atoms with Gasteiger partial charge in [-0.3, -0.25) is 0 Å². The average molecular weight is 236 g/mol. The van der Waals surface area contributed by atoms with E-state index in [2.05, 4.69) is 15.9 Å². The van der Waals surface area contributed by atoms with Gasteiger partial charge in [0.1, 0.15) is 11.6 Å². The molecule has 18 heavy (non-hydrogen) atoms. The van der Waals surface area contributed by atoms with E-state index >= 15 is 0 Å². The van der Waals surface area contributed by atoms with E-state index in [0.717, 1.165) is 11.0 Å². The van der Waals surface area contributed by atoms with Crippen LogP contribution in [-0.4, -0.2) is 9.97 Å². The van der Waals surface area contributed by atoms with Crippen molar-refractivity contribution in [2.24, 2.45) is 0 Å². The van der Waals surface area contributed by atoms with Crippen molar-refractivity contribution < 1.29 is 4.39 Å². The van der Waals surface area contributed by atoms with Gasteiger partial charge in [0.05, 0.1) is 22.2 Å². The van der Waals surface area contributed by atoms with E-state index in [-0.39, 0.29) is 5.56 Å². The first-order valence-corrected chi connectivity index (χ1v) is 5.50. The van der Waals surface area contributed by atoms with Gasteiger partial charge in [-0.2, -0.15) is 0 Å². The lowest BCUT2D eigenvalue weighted by atomic mass is 10.1. The molecule has 0 saturated carbocycles. The third-order valence-corrected chi connectivity index (χ3v) is 2.80. The fourth-order valence-corrected chi connectivity index (χ4v) is 1.91. The number of H-pyrrole nitrogens is 1. The third kappa shape index (κ3) is 1.56. The molecule has 1 heterocycles. The van der Waals surface area contributed by atoms with E-state index in [1.165, 1.54) is 0 Å². The van der Waals surface area contributed by atoms with Crippen molar-refractivity contribution in [3.8, 4) is 23.7 Å².